The number of ether oxygens (including phenoxy) is 2. The van der Waals surface area contributed by atoms with E-state index in [1.165, 1.54) is 20.3 Å². The number of nitrogens with two attached hydrogens (primary N) is 1. The lowest BCUT2D eigenvalue weighted by Crippen LogP contribution is -2.48. The molecule has 35 heavy (non-hydrogen) atoms. The van der Waals surface area contributed by atoms with Crippen molar-refractivity contribution in [2.75, 3.05) is 45.3 Å². The van der Waals surface area contributed by atoms with Crippen LogP contribution in [0.2, 0.25) is 0 Å². The summed E-state index contributed by atoms with van der Waals surface area (Å²) in [5.74, 6) is 0.953. The molecule has 182 valence electrons. The van der Waals surface area contributed by atoms with Gasteiger partial charge in [0.05, 0.1) is 24.8 Å². The van der Waals surface area contributed by atoms with Gasteiger partial charge in [-0.05, 0) is 59.5 Å². The average Bonchev–Trinajstić information content (AvgIpc) is 3.44. The molecule has 1 saturated heterocycles. The molecule has 0 saturated carbocycles. The Labute approximate surface area is 208 Å². The molecule has 2 heterocycles. The maximum absolute atomic E-state index is 12.7. The van der Waals surface area contributed by atoms with Crippen LogP contribution in [0.15, 0.2) is 65.0 Å². The zero-order valence-corrected chi connectivity index (χ0v) is 20.5. The fraction of sp³-hybridized carbons (Fsp3) is 0.231. The van der Waals surface area contributed by atoms with E-state index in [-0.39, 0.29) is 23.2 Å². The number of thiophene rings is 1. The molecule has 9 heteroatoms. The van der Waals surface area contributed by atoms with Gasteiger partial charge in [-0.15, -0.1) is 11.3 Å². The number of aliphatic imine (C=N–C) groups is 1. The zero-order valence-electron chi connectivity index (χ0n) is 19.7. The quantitative estimate of drug-likeness (QED) is 0.295. The summed E-state index contributed by atoms with van der Waals surface area (Å²) in [6.07, 6.45) is 3.23. The molecule has 1 amide bonds. The molecule has 0 unspecified atom stereocenters. The lowest BCUT2D eigenvalue weighted by molar-refractivity contribution is -0.126. The van der Waals surface area contributed by atoms with Crippen molar-refractivity contribution in [3.8, 4) is 17.2 Å². The summed E-state index contributed by atoms with van der Waals surface area (Å²) in [6.45, 7) is 2.72. The first-order valence-corrected chi connectivity index (χ1v) is 12.0. The predicted molar refractivity (Wildman–Crippen MR) is 140 cm³/mol. The summed E-state index contributed by atoms with van der Waals surface area (Å²) < 4.78 is 10.3. The number of amides is 1. The van der Waals surface area contributed by atoms with Crippen LogP contribution in [0.5, 0.6) is 17.2 Å². The van der Waals surface area contributed by atoms with Gasteiger partial charge in [0.25, 0.3) is 0 Å². The third kappa shape index (κ3) is 5.75. The first-order chi connectivity index (χ1) is 17.0. The monoisotopic (exact) mass is 492 g/mol. The third-order valence-electron chi connectivity index (χ3n) is 5.75. The number of hydrogen-bond acceptors (Lipinski definition) is 7. The minimum absolute atomic E-state index is 0.0654. The Balaban J connectivity index is 1.34. The zero-order chi connectivity index (χ0) is 24.8. The molecule has 3 N–H and O–H groups in total. The van der Waals surface area contributed by atoms with Gasteiger partial charge in [0, 0.05) is 37.9 Å². The van der Waals surface area contributed by atoms with Crippen LogP contribution in [0.4, 0.5) is 11.4 Å². The number of aromatic hydroxyl groups is 1. The van der Waals surface area contributed by atoms with E-state index in [0.717, 1.165) is 29.3 Å². The third-order valence-corrected chi connectivity index (χ3v) is 6.64. The molecular formula is C26H28N4O4S. The first kappa shape index (κ1) is 24.2. The number of carbonyl (C=O) groups excluding carboxylic acids is 1. The van der Waals surface area contributed by atoms with Gasteiger partial charge in [0.1, 0.15) is 5.84 Å². The second-order valence-corrected chi connectivity index (χ2v) is 8.86. The van der Waals surface area contributed by atoms with Gasteiger partial charge in [-0.25, -0.2) is 4.99 Å². The maximum atomic E-state index is 12.7. The lowest BCUT2D eigenvalue weighted by Gasteiger charge is -2.35. The standard InChI is InChI=1S/C26H28N4O4S/c1-33-21-16-18(17-22(34-2)25(21)32)5-10-24(31)30-13-11-29(12-14-30)20-8-6-19(7-9-20)28-26(27)23-4-3-15-35-23/h3-10,15-17,32H,11-14H2,1-2H3,(H2,27,28)/b10-5+. The van der Waals surface area contributed by atoms with Crippen molar-refractivity contribution in [3.63, 3.8) is 0 Å². The van der Waals surface area contributed by atoms with Gasteiger partial charge >= 0.3 is 0 Å². The van der Waals surface area contributed by atoms with Gasteiger partial charge in [-0.2, -0.15) is 0 Å². The molecule has 8 nitrogen and oxygen atoms in total. The molecular weight excluding hydrogens is 464 g/mol. The van der Waals surface area contributed by atoms with E-state index in [1.807, 2.05) is 46.7 Å². The van der Waals surface area contributed by atoms with Crippen molar-refractivity contribution in [2.24, 2.45) is 10.7 Å². The highest BCUT2D eigenvalue weighted by Crippen LogP contribution is 2.37. The van der Waals surface area contributed by atoms with E-state index in [4.69, 9.17) is 15.2 Å². The van der Waals surface area contributed by atoms with Crippen molar-refractivity contribution >= 4 is 40.5 Å². The van der Waals surface area contributed by atoms with Crippen molar-refractivity contribution < 1.29 is 19.4 Å². The van der Waals surface area contributed by atoms with Crippen molar-refractivity contribution in [2.45, 2.75) is 0 Å². The first-order valence-electron chi connectivity index (χ1n) is 11.1. The Hall–Kier alpha value is -3.98. The molecule has 1 fully saturated rings. The normalized spacial score (nSPS) is 14.4. The minimum atomic E-state index is -0.0691. The number of rotatable bonds is 7. The van der Waals surface area contributed by atoms with E-state index >= 15 is 0 Å². The average molecular weight is 493 g/mol. The molecule has 0 bridgehead atoms. The predicted octanol–water partition coefficient (Wildman–Crippen LogP) is 3.87. The molecule has 1 aromatic heterocycles. The second kappa shape index (κ2) is 11.0. The van der Waals surface area contributed by atoms with Crippen LogP contribution in [-0.2, 0) is 4.79 Å². The largest absolute Gasteiger partial charge is 0.502 e. The van der Waals surface area contributed by atoms with Crippen LogP contribution in [0, 0.1) is 0 Å². The van der Waals surface area contributed by atoms with Crippen LogP contribution in [0.3, 0.4) is 0 Å². The molecule has 3 aromatic rings. The molecule has 0 radical (unpaired) electrons. The van der Waals surface area contributed by atoms with Crippen LogP contribution in [0.25, 0.3) is 6.08 Å². The van der Waals surface area contributed by atoms with E-state index in [1.54, 1.807) is 29.5 Å². The number of anilines is 1. The minimum Gasteiger partial charge on any atom is -0.502 e. The van der Waals surface area contributed by atoms with Gasteiger partial charge in [-0.1, -0.05) is 6.07 Å². The Bertz CT molecular complexity index is 1190. The smallest absolute Gasteiger partial charge is 0.246 e. The Morgan fingerprint density at radius 2 is 1.71 bits per heavy atom. The number of carbonyl (C=O) groups is 1. The van der Waals surface area contributed by atoms with Crippen molar-refractivity contribution in [1.82, 2.24) is 4.90 Å². The fourth-order valence-electron chi connectivity index (χ4n) is 3.82. The van der Waals surface area contributed by atoms with Crippen LogP contribution in [-0.4, -0.2) is 62.1 Å². The number of piperazine rings is 1. The number of nitrogens with zero attached hydrogens (tertiary/aromatic N) is 3. The summed E-state index contributed by atoms with van der Waals surface area (Å²) in [5.41, 5.74) is 8.67. The number of amidine groups is 1. The van der Waals surface area contributed by atoms with E-state index in [0.29, 0.717) is 24.5 Å². The molecule has 2 aromatic carbocycles. The number of methoxy groups -OCH3 is 2. The number of phenols is 1. The highest BCUT2D eigenvalue weighted by molar-refractivity contribution is 7.12. The SMILES string of the molecule is COc1cc(/C=C/C(=O)N2CCN(c3ccc(N=C(N)c4cccs4)cc3)CC2)cc(OC)c1O. The summed E-state index contributed by atoms with van der Waals surface area (Å²) in [7, 11) is 2.93. The molecule has 0 spiro atoms. The Kier molecular flexibility index (Phi) is 7.57. The van der Waals surface area contributed by atoms with Gasteiger partial charge in [-0.3, -0.25) is 4.79 Å². The number of phenolic OH excluding ortho intramolecular Hbond substituents is 1. The highest BCUT2D eigenvalue weighted by Gasteiger charge is 2.20. The molecule has 0 aliphatic carbocycles. The Morgan fingerprint density at radius 1 is 1.06 bits per heavy atom. The van der Waals surface area contributed by atoms with Gasteiger partial charge < -0.3 is 30.1 Å². The van der Waals surface area contributed by atoms with Crippen molar-refractivity contribution in [3.05, 3.63) is 70.4 Å². The van der Waals surface area contributed by atoms with Crippen LogP contribution < -0.4 is 20.1 Å². The second-order valence-electron chi connectivity index (χ2n) is 7.91. The number of benzene rings is 2. The topological polar surface area (TPSA) is 101 Å². The summed E-state index contributed by atoms with van der Waals surface area (Å²) >= 11 is 1.56. The van der Waals surface area contributed by atoms with Crippen LogP contribution in [0.1, 0.15) is 10.4 Å². The molecule has 0 atom stereocenters. The van der Waals surface area contributed by atoms with Crippen molar-refractivity contribution in [1.29, 1.82) is 0 Å². The lowest BCUT2D eigenvalue weighted by atomic mass is 10.1. The Morgan fingerprint density at radius 3 is 2.29 bits per heavy atom. The van der Waals surface area contributed by atoms with E-state index in [2.05, 4.69) is 9.89 Å². The summed E-state index contributed by atoms with van der Waals surface area (Å²) in [5, 5.41) is 12.0. The molecule has 1 aliphatic heterocycles. The molecule has 4 rings (SSSR count). The summed E-state index contributed by atoms with van der Waals surface area (Å²) in [4.78, 5) is 22.2. The summed E-state index contributed by atoms with van der Waals surface area (Å²) in [6, 6.07) is 15.2. The maximum Gasteiger partial charge on any atom is 0.246 e. The highest BCUT2D eigenvalue weighted by atomic mass is 32.1. The number of hydrogen-bond donors (Lipinski definition) is 2. The fourth-order valence-corrected chi connectivity index (χ4v) is 4.45. The van der Waals surface area contributed by atoms with Crippen LogP contribution >= 0.6 is 11.3 Å². The van der Waals surface area contributed by atoms with Gasteiger partial charge in [0.2, 0.25) is 11.7 Å². The van der Waals surface area contributed by atoms with E-state index in [9.17, 15) is 9.90 Å². The van der Waals surface area contributed by atoms with Gasteiger partial charge in [0.15, 0.2) is 11.5 Å². The van der Waals surface area contributed by atoms with E-state index < -0.39 is 0 Å². The molecule has 1 aliphatic rings.